The standard InChI is InChI=1S/C11H13F2NO2/c1-16-7-2-3-9(15)8(4-7)10(6-14)5-11(10,12)13/h2-4,15H,5-6,14H2,1H3. The Bertz CT molecular complexity index is 422. The Labute approximate surface area is 91.8 Å². The van der Waals surface area contributed by atoms with Gasteiger partial charge in [-0.05, 0) is 18.2 Å². The molecule has 0 aliphatic heterocycles. The zero-order valence-electron chi connectivity index (χ0n) is 8.84. The lowest BCUT2D eigenvalue weighted by molar-refractivity contribution is 0.0889. The quantitative estimate of drug-likeness (QED) is 0.828. The molecule has 0 amide bonds. The SMILES string of the molecule is COc1ccc(O)c(C2(CN)CC2(F)F)c1. The zero-order chi connectivity index (χ0) is 12.0. The molecule has 0 heterocycles. The number of hydrogen-bond acceptors (Lipinski definition) is 3. The molecule has 0 saturated heterocycles. The predicted octanol–water partition coefficient (Wildman–Crippen LogP) is 1.64. The summed E-state index contributed by atoms with van der Waals surface area (Å²) in [5.74, 6) is -2.57. The maximum atomic E-state index is 13.3. The number of methoxy groups -OCH3 is 1. The molecule has 1 aromatic rings. The van der Waals surface area contributed by atoms with Gasteiger partial charge in [0, 0.05) is 18.5 Å². The fourth-order valence-electron chi connectivity index (χ4n) is 1.98. The topological polar surface area (TPSA) is 55.5 Å². The fraction of sp³-hybridized carbons (Fsp3) is 0.455. The van der Waals surface area contributed by atoms with E-state index < -0.39 is 11.3 Å². The van der Waals surface area contributed by atoms with Gasteiger partial charge < -0.3 is 15.6 Å². The lowest BCUT2D eigenvalue weighted by atomic mass is 9.94. The maximum Gasteiger partial charge on any atom is 0.260 e. The highest BCUT2D eigenvalue weighted by atomic mass is 19.3. The summed E-state index contributed by atoms with van der Waals surface area (Å²) in [5.41, 5.74) is 4.15. The molecule has 0 radical (unpaired) electrons. The van der Waals surface area contributed by atoms with E-state index in [1.807, 2.05) is 0 Å². The van der Waals surface area contributed by atoms with Gasteiger partial charge in [-0.2, -0.15) is 0 Å². The highest BCUT2D eigenvalue weighted by molar-refractivity contribution is 5.50. The molecule has 3 nitrogen and oxygen atoms in total. The summed E-state index contributed by atoms with van der Waals surface area (Å²) in [6, 6.07) is 4.28. The van der Waals surface area contributed by atoms with Gasteiger partial charge in [-0.1, -0.05) is 0 Å². The number of phenolic OH excluding ortho intramolecular Hbond substituents is 1. The Morgan fingerprint density at radius 1 is 1.50 bits per heavy atom. The second-order valence-electron chi connectivity index (χ2n) is 4.05. The molecule has 1 atom stereocenters. The van der Waals surface area contributed by atoms with E-state index in [-0.39, 0.29) is 24.3 Å². The van der Waals surface area contributed by atoms with Crippen LogP contribution in [0.25, 0.3) is 0 Å². The highest BCUT2D eigenvalue weighted by Crippen LogP contribution is 2.62. The lowest BCUT2D eigenvalue weighted by Gasteiger charge is -2.16. The van der Waals surface area contributed by atoms with Crippen LogP contribution in [-0.2, 0) is 5.41 Å². The third-order valence-corrected chi connectivity index (χ3v) is 3.17. The minimum Gasteiger partial charge on any atom is -0.508 e. The van der Waals surface area contributed by atoms with Gasteiger partial charge in [0.15, 0.2) is 0 Å². The van der Waals surface area contributed by atoms with Crippen LogP contribution in [-0.4, -0.2) is 24.7 Å². The van der Waals surface area contributed by atoms with Crippen LogP contribution in [0.1, 0.15) is 12.0 Å². The molecule has 0 aromatic heterocycles. The Balaban J connectivity index is 2.48. The number of halogens is 2. The first kappa shape index (κ1) is 11.1. The molecule has 16 heavy (non-hydrogen) atoms. The van der Waals surface area contributed by atoms with Gasteiger partial charge in [-0.25, -0.2) is 8.78 Å². The van der Waals surface area contributed by atoms with Crippen LogP contribution in [0.2, 0.25) is 0 Å². The zero-order valence-corrected chi connectivity index (χ0v) is 8.84. The van der Waals surface area contributed by atoms with Crippen molar-refractivity contribution in [2.45, 2.75) is 17.8 Å². The van der Waals surface area contributed by atoms with Gasteiger partial charge in [-0.15, -0.1) is 0 Å². The van der Waals surface area contributed by atoms with Gasteiger partial charge in [0.1, 0.15) is 11.5 Å². The molecule has 1 aliphatic carbocycles. The van der Waals surface area contributed by atoms with E-state index in [0.29, 0.717) is 5.75 Å². The highest BCUT2D eigenvalue weighted by Gasteiger charge is 2.71. The van der Waals surface area contributed by atoms with Crippen molar-refractivity contribution < 1.29 is 18.6 Å². The molecule has 1 unspecified atom stereocenters. The van der Waals surface area contributed by atoms with Crippen LogP contribution in [0.5, 0.6) is 11.5 Å². The molecule has 88 valence electrons. The van der Waals surface area contributed by atoms with Crippen molar-refractivity contribution in [2.75, 3.05) is 13.7 Å². The third-order valence-electron chi connectivity index (χ3n) is 3.17. The smallest absolute Gasteiger partial charge is 0.260 e. The third kappa shape index (κ3) is 1.35. The number of alkyl halides is 2. The second-order valence-corrected chi connectivity index (χ2v) is 4.05. The van der Waals surface area contributed by atoms with Crippen molar-refractivity contribution in [2.24, 2.45) is 5.73 Å². The average Bonchev–Trinajstić information content (AvgIpc) is 2.83. The summed E-state index contributed by atoms with van der Waals surface area (Å²) in [7, 11) is 1.44. The van der Waals surface area contributed by atoms with Crippen LogP contribution in [0.15, 0.2) is 18.2 Å². The van der Waals surface area contributed by atoms with E-state index in [0.717, 1.165) is 0 Å². The number of rotatable bonds is 3. The molecule has 1 aromatic carbocycles. The van der Waals surface area contributed by atoms with Crippen LogP contribution in [0, 0.1) is 0 Å². The Hall–Kier alpha value is -1.36. The van der Waals surface area contributed by atoms with E-state index in [2.05, 4.69) is 0 Å². The molecular formula is C11H13F2NO2. The van der Waals surface area contributed by atoms with Crippen LogP contribution in [0.4, 0.5) is 8.78 Å². The Morgan fingerprint density at radius 2 is 2.12 bits per heavy atom. The monoisotopic (exact) mass is 229 g/mol. The van der Waals surface area contributed by atoms with Crippen molar-refractivity contribution in [1.82, 2.24) is 0 Å². The molecule has 5 heteroatoms. The van der Waals surface area contributed by atoms with E-state index in [1.54, 1.807) is 0 Å². The molecule has 1 fully saturated rings. The van der Waals surface area contributed by atoms with Crippen LogP contribution < -0.4 is 10.5 Å². The average molecular weight is 229 g/mol. The number of benzene rings is 1. The first-order chi connectivity index (χ1) is 7.47. The first-order valence-electron chi connectivity index (χ1n) is 4.92. The largest absolute Gasteiger partial charge is 0.508 e. The van der Waals surface area contributed by atoms with Gasteiger partial charge in [0.05, 0.1) is 12.5 Å². The summed E-state index contributed by atoms with van der Waals surface area (Å²) >= 11 is 0. The molecule has 3 N–H and O–H groups in total. The molecule has 1 aliphatic rings. The van der Waals surface area contributed by atoms with E-state index in [4.69, 9.17) is 10.5 Å². The van der Waals surface area contributed by atoms with Crippen molar-refractivity contribution in [3.63, 3.8) is 0 Å². The summed E-state index contributed by atoms with van der Waals surface area (Å²) < 4.78 is 31.6. The summed E-state index contributed by atoms with van der Waals surface area (Å²) in [6.45, 7) is -0.194. The first-order valence-corrected chi connectivity index (χ1v) is 4.92. The molecule has 0 spiro atoms. The van der Waals surface area contributed by atoms with Gasteiger partial charge in [0.25, 0.3) is 5.92 Å². The fourth-order valence-corrected chi connectivity index (χ4v) is 1.98. The Morgan fingerprint density at radius 3 is 2.56 bits per heavy atom. The Kier molecular flexibility index (Phi) is 2.31. The lowest BCUT2D eigenvalue weighted by Crippen LogP contribution is -2.26. The van der Waals surface area contributed by atoms with Crippen molar-refractivity contribution in [3.05, 3.63) is 23.8 Å². The van der Waals surface area contributed by atoms with Crippen LogP contribution >= 0.6 is 0 Å². The molecule has 0 bridgehead atoms. The second kappa shape index (κ2) is 3.31. The summed E-state index contributed by atoms with van der Waals surface area (Å²) in [6.07, 6.45) is -0.322. The van der Waals surface area contributed by atoms with Crippen LogP contribution in [0.3, 0.4) is 0 Å². The maximum absolute atomic E-state index is 13.3. The van der Waals surface area contributed by atoms with Crippen molar-refractivity contribution in [3.8, 4) is 11.5 Å². The summed E-state index contributed by atoms with van der Waals surface area (Å²) in [5, 5.41) is 9.62. The minimum absolute atomic E-state index is 0.163. The normalized spacial score (nSPS) is 26.5. The number of phenols is 1. The predicted molar refractivity (Wildman–Crippen MR) is 55.0 cm³/mol. The minimum atomic E-state index is -2.84. The number of nitrogens with two attached hydrogens (primary N) is 1. The van der Waals surface area contributed by atoms with E-state index in [1.165, 1.54) is 25.3 Å². The number of aromatic hydroxyl groups is 1. The number of ether oxygens (including phenoxy) is 1. The number of hydrogen-bond donors (Lipinski definition) is 2. The molecule has 1 saturated carbocycles. The summed E-state index contributed by atoms with van der Waals surface area (Å²) in [4.78, 5) is 0. The molecular weight excluding hydrogens is 216 g/mol. The van der Waals surface area contributed by atoms with Gasteiger partial charge in [-0.3, -0.25) is 0 Å². The van der Waals surface area contributed by atoms with Crippen molar-refractivity contribution in [1.29, 1.82) is 0 Å². The molecule has 2 rings (SSSR count). The van der Waals surface area contributed by atoms with Gasteiger partial charge >= 0.3 is 0 Å². The van der Waals surface area contributed by atoms with Gasteiger partial charge in [0.2, 0.25) is 0 Å². The van der Waals surface area contributed by atoms with E-state index in [9.17, 15) is 13.9 Å². The van der Waals surface area contributed by atoms with Crippen molar-refractivity contribution >= 4 is 0 Å². The van der Waals surface area contributed by atoms with E-state index >= 15 is 0 Å².